The monoisotopic (exact) mass is 290 g/mol. The zero-order valence-corrected chi connectivity index (χ0v) is 12.8. The highest BCUT2D eigenvalue weighted by molar-refractivity contribution is 5.78. The Morgan fingerprint density at radius 1 is 1.43 bits per heavy atom. The fourth-order valence-corrected chi connectivity index (χ4v) is 3.37. The number of benzene rings is 1. The van der Waals surface area contributed by atoms with Gasteiger partial charge in [-0.2, -0.15) is 0 Å². The molecule has 2 aliphatic heterocycles. The number of fused-ring (bicyclic) bond motifs is 1. The van der Waals surface area contributed by atoms with E-state index in [4.69, 9.17) is 15.2 Å². The molecule has 0 radical (unpaired) electrons. The van der Waals surface area contributed by atoms with E-state index < -0.39 is 0 Å². The molecule has 3 rings (SSSR count). The number of piperidine rings is 1. The van der Waals surface area contributed by atoms with Crippen molar-refractivity contribution in [3.8, 4) is 11.5 Å². The van der Waals surface area contributed by atoms with Gasteiger partial charge in [0.2, 0.25) is 5.91 Å². The Balaban J connectivity index is 2.04. The number of nitrogens with zero attached hydrogens (tertiary/aromatic N) is 1. The predicted molar refractivity (Wildman–Crippen MR) is 79.5 cm³/mol. The summed E-state index contributed by atoms with van der Waals surface area (Å²) >= 11 is 0. The average molecular weight is 290 g/mol. The maximum atomic E-state index is 12.0. The van der Waals surface area contributed by atoms with Gasteiger partial charge in [0, 0.05) is 37.1 Å². The van der Waals surface area contributed by atoms with Crippen LogP contribution in [0.2, 0.25) is 0 Å². The number of likely N-dealkylation sites (tertiary alicyclic amines) is 1. The topological polar surface area (TPSA) is 64.8 Å². The number of hydrogen-bond acceptors (Lipinski definition) is 4. The van der Waals surface area contributed by atoms with Crippen molar-refractivity contribution in [3.63, 3.8) is 0 Å². The van der Waals surface area contributed by atoms with Crippen molar-refractivity contribution in [1.82, 2.24) is 4.90 Å². The van der Waals surface area contributed by atoms with E-state index in [1.807, 2.05) is 26.1 Å². The Bertz CT molecular complexity index is 573. The molecular weight excluding hydrogens is 268 g/mol. The van der Waals surface area contributed by atoms with Gasteiger partial charge >= 0.3 is 0 Å². The summed E-state index contributed by atoms with van der Waals surface area (Å²) in [5.41, 5.74) is 8.36. The van der Waals surface area contributed by atoms with Crippen LogP contribution in [0.5, 0.6) is 11.5 Å². The number of nitrogens with two attached hydrogens (primary N) is 1. The van der Waals surface area contributed by atoms with Gasteiger partial charge in [-0.25, -0.2) is 0 Å². The van der Waals surface area contributed by atoms with Crippen LogP contribution >= 0.6 is 0 Å². The van der Waals surface area contributed by atoms with E-state index in [2.05, 4.69) is 0 Å². The van der Waals surface area contributed by atoms with E-state index in [-0.39, 0.29) is 24.1 Å². The minimum atomic E-state index is -0.161. The lowest BCUT2D eigenvalue weighted by molar-refractivity contribution is -0.135. The first-order valence-electron chi connectivity index (χ1n) is 7.40. The van der Waals surface area contributed by atoms with Crippen LogP contribution in [0.15, 0.2) is 12.1 Å². The normalized spacial score (nSPS) is 28.3. The van der Waals surface area contributed by atoms with Gasteiger partial charge in [-0.3, -0.25) is 4.79 Å². The van der Waals surface area contributed by atoms with Gasteiger partial charge in [0.25, 0.3) is 0 Å². The van der Waals surface area contributed by atoms with Crippen molar-refractivity contribution >= 4 is 5.91 Å². The SMILES string of the molecule is COc1cc2c(cc1C1C(N)CCC(=O)N1C)OC(C)C2. The van der Waals surface area contributed by atoms with Crippen LogP contribution in [-0.4, -0.2) is 37.1 Å². The Hall–Kier alpha value is -1.75. The van der Waals surface area contributed by atoms with E-state index in [1.54, 1.807) is 12.0 Å². The number of rotatable bonds is 2. The van der Waals surface area contributed by atoms with Crippen molar-refractivity contribution in [2.45, 2.75) is 44.4 Å². The van der Waals surface area contributed by atoms with Gasteiger partial charge in [0.15, 0.2) is 0 Å². The van der Waals surface area contributed by atoms with E-state index in [0.717, 1.165) is 29.0 Å². The molecule has 0 aromatic heterocycles. The summed E-state index contributed by atoms with van der Waals surface area (Å²) in [7, 11) is 3.46. The molecule has 0 aliphatic carbocycles. The summed E-state index contributed by atoms with van der Waals surface area (Å²) < 4.78 is 11.4. The number of ether oxygens (including phenoxy) is 2. The largest absolute Gasteiger partial charge is 0.496 e. The zero-order valence-electron chi connectivity index (χ0n) is 12.8. The molecule has 114 valence electrons. The molecule has 0 bridgehead atoms. The third-order valence-electron chi connectivity index (χ3n) is 4.47. The molecule has 1 aromatic rings. The quantitative estimate of drug-likeness (QED) is 0.899. The van der Waals surface area contributed by atoms with Crippen LogP contribution in [0, 0.1) is 0 Å². The molecule has 21 heavy (non-hydrogen) atoms. The van der Waals surface area contributed by atoms with Crippen molar-refractivity contribution in [2.75, 3.05) is 14.2 Å². The predicted octanol–water partition coefficient (Wildman–Crippen LogP) is 1.64. The number of hydrogen-bond donors (Lipinski definition) is 1. The molecular formula is C16H22N2O3. The minimum Gasteiger partial charge on any atom is -0.496 e. The molecule has 3 atom stereocenters. The van der Waals surface area contributed by atoms with Crippen LogP contribution in [0.25, 0.3) is 0 Å². The molecule has 1 aromatic carbocycles. The molecule has 0 saturated carbocycles. The van der Waals surface area contributed by atoms with Crippen molar-refractivity contribution in [1.29, 1.82) is 0 Å². The second-order valence-corrected chi connectivity index (χ2v) is 5.99. The maximum absolute atomic E-state index is 12.0. The van der Waals surface area contributed by atoms with Gasteiger partial charge in [-0.05, 0) is 25.5 Å². The molecule has 5 heteroatoms. The smallest absolute Gasteiger partial charge is 0.222 e. The molecule has 0 spiro atoms. The van der Waals surface area contributed by atoms with Gasteiger partial charge < -0.3 is 20.1 Å². The Morgan fingerprint density at radius 3 is 2.90 bits per heavy atom. The number of methoxy groups -OCH3 is 1. The van der Waals surface area contributed by atoms with Crippen LogP contribution in [0.4, 0.5) is 0 Å². The lowest BCUT2D eigenvalue weighted by Crippen LogP contribution is -2.46. The lowest BCUT2D eigenvalue weighted by Gasteiger charge is -2.38. The van der Waals surface area contributed by atoms with E-state index >= 15 is 0 Å². The average Bonchev–Trinajstić information content (AvgIpc) is 2.81. The standard InChI is InChI=1S/C16H22N2O3/c1-9-6-10-7-14(20-3)11(8-13(10)21-9)16-12(17)4-5-15(19)18(16)2/h7-9,12,16H,4-6,17H2,1-3H3. The molecule has 2 aliphatic rings. The molecule has 2 N–H and O–H groups in total. The molecule has 1 saturated heterocycles. The van der Waals surface area contributed by atoms with Crippen LogP contribution in [-0.2, 0) is 11.2 Å². The van der Waals surface area contributed by atoms with Gasteiger partial charge in [0.1, 0.15) is 17.6 Å². The van der Waals surface area contributed by atoms with Gasteiger partial charge in [-0.15, -0.1) is 0 Å². The lowest BCUT2D eigenvalue weighted by atomic mass is 9.89. The summed E-state index contributed by atoms with van der Waals surface area (Å²) in [6.07, 6.45) is 2.27. The summed E-state index contributed by atoms with van der Waals surface area (Å²) in [6.45, 7) is 2.05. The number of amides is 1. The number of likely N-dealkylation sites (N-methyl/N-ethyl adjacent to an activating group) is 1. The van der Waals surface area contributed by atoms with Crippen molar-refractivity contribution < 1.29 is 14.3 Å². The Kier molecular flexibility index (Phi) is 3.53. The summed E-state index contributed by atoms with van der Waals surface area (Å²) in [5.74, 6) is 1.80. The number of carbonyl (C=O) groups is 1. The van der Waals surface area contributed by atoms with E-state index in [9.17, 15) is 4.79 Å². The Morgan fingerprint density at radius 2 is 2.19 bits per heavy atom. The van der Waals surface area contributed by atoms with Crippen LogP contribution < -0.4 is 15.2 Å². The van der Waals surface area contributed by atoms with E-state index in [0.29, 0.717) is 12.8 Å². The highest BCUT2D eigenvalue weighted by Gasteiger charge is 2.35. The fourth-order valence-electron chi connectivity index (χ4n) is 3.37. The fraction of sp³-hybridized carbons (Fsp3) is 0.562. The van der Waals surface area contributed by atoms with Crippen molar-refractivity contribution in [3.05, 3.63) is 23.3 Å². The summed E-state index contributed by atoms with van der Waals surface area (Å²) in [5, 5.41) is 0. The second kappa shape index (κ2) is 5.22. The molecule has 3 unspecified atom stereocenters. The first-order chi connectivity index (χ1) is 10.0. The Labute approximate surface area is 125 Å². The summed E-state index contributed by atoms with van der Waals surface area (Å²) in [6, 6.07) is 3.77. The maximum Gasteiger partial charge on any atom is 0.222 e. The summed E-state index contributed by atoms with van der Waals surface area (Å²) in [4.78, 5) is 13.7. The second-order valence-electron chi connectivity index (χ2n) is 5.99. The van der Waals surface area contributed by atoms with Crippen LogP contribution in [0.3, 0.4) is 0 Å². The number of carbonyl (C=O) groups excluding carboxylic acids is 1. The third-order valence-corrected chi connectivity index (χ3v) is 4.47. The first kappa shape index (κ1) is 14.2. The zero-order chi connectivity index (χ0) is 15.1. The third kappa shape index (κ3) is 2.35. The van der Waals surface area contributed by atoms with E-state index in [1.165, 1.54) is 0 Å². The molecule has 1 fully saturated rings. The molecule has 1 amide bonds. The highest BCUT2D eigenvalue weighted by atomic mass is 16.5. The van der Waals surface area contributed by atoms with Gasteiger partial charge in [-0.1, -0.05) is 0 Å². The minimum absolute atomic E-state index is 0.0847. The van der Waals surface area contributed by atoms with Crippen molar-refractivity contribution in [2.24, 2.45) is 5.73 Å². The van der Waals surface area contributed by atoms with Crippen LogP contribution in [0.1, 0.15) is 36.9 Å². The molecule has 5 nitrogen and oxygen atoms in total. The molecule has 2 heterocycles. The first-order valence-corrected chi connectivity index (χ1v) is 7.40. The highest BCUT2D eigenvalue weighted by Crippen LogP contribution is 2.41. The van der Waals surface area contributed by atoms with Gasteiger partial charge in [0.05, 0.1) is 13.2 Å².